The van der Waals surface area contributed by atoms with Crippen LogP contribution in [0.15, 0.2) is 88.4 Å². The van der Waals surface area contributed by atoms with Gasteiger partial charge in [0.25, 0.3) is 0 Å². The third-order valence-electron chi connectivity index (χ3n) is 5.91. The Morgan fingerprint density at radius 1 is 0.767 bits per heavy atom. The van der Waals surface area contributed by atoms with E-state index < -0.39 is 0 Å². The normalized spacial score (nSPS) is 17.4. The minimum atomic E-state index is 0.355. The molecule has 1 aliphatic carbocycles. The number of piperazine rings is 1. The van der Waals surface area contributed by atoms with E-state index >= 15 is 0 Å². The van der Waals surface area contributed by atoms with Gasteiger partial charge in [0.05, 0.1) is 12.3 Å². The van der Waals surface area contributed by atoms with Crippen LogP contribution in [-0.4, -0.2) is 42.3 Å². The Bertz CT molecular complexity index is 1040. The van der Waals surface area contributed by atoms with Gasteiger partial charge in [-0.05, 0) is 49.8 Å². The second-order valence-corrected chi connectivity index (χ2v) is 8.67. The average Bonchev–Trinajstić information content (AvgIpc) is 3.13. The summed E-state index contributed by atoms with van der Waals surface area (Å²) in [6.07, 6.45) is 4.00. The van der Waals surface area contributed by atoms with Crippen molar-refractivity contribution >= 4 is 28.2 Å². The summed E-state index contributed by atoms with van der Waals surface area (Å²) < 4.78 is 0.981. The van der Waals surface area contributed by atoms with Crippen LogP contribution in [0.25, 0.3) is 17.2 Å². The van der Waals surface area contributed by atoms with Crippen LogP contribution < -0.4 is 0 Å². The molecule has 0 radical (unpaired) electrons. The predicted octanol–water partition coefficient (Wildman–Crippen LogP) is 5.80. The maximum Gasteiger partial charge on any atom is 0.0615 e. The van der Waals surface area contributed by atoms with Crippen LogP contribution in [0.5, 0.6) is 0 Å². The van der Waals surface area contributed by atoms with E-state index in [0.717, 1.165) is 30.7 Å². The second kappa shape index (κ2) is 8.58. The molecule has 1 fully saturated rings. The van der Waals surface area contributed by atoms with Gasteiger partial charge in [-0.15, -0.1) is 0 Å². The molecule has 2 aliphatic rings. The Morgan fingerprint density at radius 2 is 1.33 bits per heavy atom. The molecule has 0 amide bonds. The summed E-state index contributed by atoms with van der Waals surface area (Å²) in [6, 6.07) is 28.3. The molecule has 3 nitrogen and oxygen atoms in total. The van der Waals surface area contributed by atoms with Crippen LogP contribution in [0.1, 0.15) is 22.7 Å². The van der Waals surface area contributed by atoms with Crippen LogP contribution in [0.2, 0.25) is 0 Å². The second-order valence-electron chi connectivity index (χ2n) is 7.75. The van der Waals surface area contributed by atoms with Crippen LogP contribution in [0.3, 0.4) is 0 Å². The van der Waals surface area contributed by atoms with Crippen LogP contribution in [-0.2, 0) is 0 Å². The molecule has 0 atom stereocenters. The first kappa shape index (κ1) is 19.3. The Labute approximate surface area is 186 Å². The van der Waals surface area contributed by atoms with Gasteiger partial charge < -0.3 is 0 Å². The van der Waals surface area contributed by atoms with Crippen LogP contribution in [0.4, 0.5) is 0 Å². The summed E-state index contributed by atoms with van der Waals surface area (Å²) >= 11 is 3.62. The zero-order valence-electron chi connectivity index (χ0n) is 16.8. The smallest absolute Gasteiger partial charge is 0.0615 e. The van der Waals surface area contributed by atoms with Gasteiger partial charge in [-0.3, -0.25) is 9.91 Å². The molecule has 0 bridgehead atoms. The summed E-state index contributed by atoms with van der Waals surface area (Å²) in [4.78, 5) is 2.60. The van der Waals surface area contributed by atoms with E-state index in [1.54, 1.807) is 0 Å². The highest BCUT2D eigenvalue weighted by Crippen LogP contribution is 2.46. The van der Waals surface area contributed by atoms with Crippen molar-refractivity contribution in [2.24, 2.45) is 5.10 Å². The lowest BCUT2D eigenvalue weighted by Crippen LogP contribution is -2.45. The molecule has 0 unspecified atom stereocenters. The van der Waals surface area contributed by atoms with E-state index in [9.17, 15) is 0 Å². The molecule has 1 heterocycles. The molecule has 0 N–H and O–H groups in total. The number of benzene rings is 3. The van der Waals surface area contributed by atoms with Crippen molar-refractivity contribution in [1.82, 2.24) is 9.91 Å². The van der Waals surface area contributed by atoms with Crippen molar-refractivity contribution in [2.75, 3.05) is 26.2 Å². The number of rotatable bonds is 4. The molecule has 3 aromatic carbocycles. The van der Waals surface area contributed by atoms with E-state index in [0.29, 0.717) is 6.04 Å². The van der Waals surface area contributed by atoms with E-state index in [-0.39, 0.29) is 0 Å². The van der Waals surface area contributed by atoms with Gasteiger partial charge in [0.2, 0.25) is 0 Å². The molecule has 1 saturated heterocycles. The van der Waals surface area contributed by atoms with E-state index in [2.05, 4.69) is 92.6 Å². The summed E-state index contributed by atoms with van der Waals surface area (Å²) in [5.74, 6) is 0. The third kappa shape index (κ3) is 3.85. The standard InChI is InChI=1S/C26H24BrN3/c27-21(18-20-8-2-1-3-9-20)19-28-30-16-14-29(15-17-30)26-24-12-6-4-10-22(24)23-11-5-7-13-25(23)26/h1-13,18-19,26H,14-17H2. The Morgan fingerprint density at radius 3 is 1.97 bits per heavy atom. The van der Waals surface area contributed by atoms with Gasteiger partial charge in [0.1, 0.15) is 0 Å². The predicted molar refractivity (Wildman–Crippen MR) is 129 cm³/mol. The lowest BCUT2D eigenvalue weighted by molar-refractivity contribution is 0.114. The molecule has 3 aromatic rings. The Kier molecular flexibility index (Phi) is 5.52. The molecular formula is C26H24BrN3. The first-order valence-electron chi connectivity index (χ1n) is 10.4. The fourth-order valence-corrected chi connectivity index (χ4v) is 4.85. The average molecular weight is 458 g/mol. The zero-order chi connectivity index (χ0) is 20.3. The third-order valence-corrected chi connectivity index (χ3v) is 6.34. The monoisotopic (exact) mass is 457 g/mol. The first-order valence-corrected chi connectivity index (χ1v) is 11.2. The number of allylic oxidation sites excluding steroid dienone is 1. The van der Waals surface area contributed by atoms with Gasteiger partial charge in [-0.25, -0.2) is 0 Å². The minimum absolute atomic E-state index is 0.355. The van der Waals surface area contributed by atoms with Gasteiger partial charge in [0.15, 0.2) is 0 Å². The molecule has 0 saturated carbocycles. The van der Waals surface area contributed by atoms with Gasteiger partial charge in [-0.1, -0.05) is 78.9 Å². The fraction of sp³-hybridized carbons (Fsp3) is 0.192. The van der Waals surface area contributed by atoms with E-state index in [1.165, 1.54) is 27.8 Å². The van der Waals surface area contributed by atoms with Crippen molar-refractivity contribution in [3.63, 3.8) is 0 Å². The topological polar surface area (TPSA) is 18.8 Å². The van der Waals surface area contributed by atoms with Crippen molar-refractivity contribution in [3.05, 3.63) is 100 Å². The highest BCUT2D eigenvalue weighted by molar-refractivity contribution is 9.12. The number of hydrogen-bond acceptors (Lipinski definition) is 3. The maximum absolute atomic E-state index is 4.70. The number of halogens is 1. The Hall–Kier alpha value is -2.69. The fourth-order valence-electron chi connectivity index (χ4n) is 4.49. The summed E-state index contributed by atoms with van der Waals surface area (Å²) in [7, 11) is 0. The number of fused-ring (bicyclic) bond motifs is 3. The highest BCUT2D eigenvalue weighted by atomic mass is 79.9. The van der Waals surface area contributed by atoms with Crippen molar-refractivity contribution in [2.45, 2.75) is 6.04 Å². The maximum atomic E-state index is 4.70. The van der Waals surface area contributed by atoms with E-state index in [4.69, 9.17) is 5.10 Å². The molecular weight excluding hydrogens is 434 g/mol. The van der Waals surface area contributed by atoms with Crippen LogP contribution >= 0.6 is 15.9 Å². The SMILES string of the molecule is BrC(C=NN1CCN(C2c3ccccc3-c3ccccc32)CC1)=Cc1ccccc1. The van der Waals surface area contributed by atoms with Crippen LogP contribution in [0, 0.1) is 0 Å². The molecule has 1 aliphatic heterocycles. The number of hydrazone groups is 1. The zero-order valence-corrected chi connectivity index (χ0v) is 18.4. The summed E-state index contributed by atoms with van der Waals surface area (Å²) in [5, 5.41) is 6.87. The number of hydrogen-bond donors (Lipinski definition) is 0. The van der Waals surface area contributed by atoms with Gasteiger partial charge >= 0.3 is 0 Å². The summed E-state index contributed by atoms with van der Waals surface area (Å²) in [6.45, 7) is 3.88. The van der Waals surface area contributed by atoms with Crippen molar-refractivity contribution in [3.8, 4) is 11.1 Å². The lowest BCUT2D eigenvalue weighted by Gasteiger charge is -2.37. The quantitative estimate of drug-likeness (QED) is 0.461. The van der Waals surface area contributed by atoms with Gasteiger partial charge in [-0.2, -0.15) is 5.10 Å². The summed E-state index contributed by atoms with van der Waals surface area (Å²) in [5.41, 5.74) is 6.80. The van der Waals surface area contributed by atoms with Gasteiger partial charge in [0, 0.05) is 30.7 Å². The van der Waals surface area contributed by atoms with E-state index in [1.807, 2.05) is 24.4 Å². The lowest BCUT2D eigenvalue weighted by atomic mass is 10.0. The molecule has 30 heavy (non-hydrogen) atoms. The molecule has 4 heteroatoms. The largest absolute Gasteiger partial charge is 0.294 e. The van der Waals surface area contributed by atoms with Crippen molar-refractivity contribution in [1.29, 1.82) is 0 Å². The molecule has 0 aromatic heterocycles. The first-order chi connectivity index (χ1) is 14.8. The highest BCUT2D eigenvalue weighted by Gasteiger charge is 2.33. The minimum Gasteiger partial charge on any atom is -0.294 e. The Balaban J connectivity index is 1.27. The van der Waals surface area contributed by atoms with Crippen molar-refractivity contribution < 1.29 is 0 Å². The molecule has 150 valence electrons. The number of nitrogens with zero attached hydrogens (tertiary/aromatic N) is 3. The molecule has 5 rings (SSSR count). The molecule has 0 spiro atoms.